The molecule has 0 atom stereocenters. The van der Waals surface area contributed by atoms with Crippen molar-refractivity contribution in [1.82, 2.24) is 4.72 Å². The van der Waals surface area contributed by atoms with Gasteiger partial charge in [0.05, 0.1) is 6.20 Å². The number of rotatable bonds is 0. The molecule has 4 nitrogen and oxygen atoms in total. The maximum Gasteiger partial charge on any atom is 0.314 e. The summed E-state index contributed by atoms with van der Waals surface area (Å²) < 4.78 is 22.9. The molecule has 1 aliphatic heterocycles. The Balaban J connectivity index is 2.98. The molecule has 0 amide bonds. The summed E-state index contributed by atoms with van der Waals surface area (Å²) in [6.07, 6.45) is 2.80. The Morgan fingerprint density at radius 2 is 2.25 bits per heavy atom. The van der Waals surface area contributed by atoms with Gasteiger partial charge in [-0.3, -0.25) is 4.72 Å². The number of nitrogens with one attached hydrogen (secondary N) is 2. The molecule has 0 unspecified atom stereocenters. The van der Waals surface area contributed by atoms with Crippen LogP contribution in [0.1, 0.15) is 0 Å². The molecule has 0 spiro atoms. The fraction of sp³-hybridized carbons (Fsp3) is 0. The number of hydrogen-bond acceptors (Lipinski definition) is 2. The van der Waals surface area contributed by atoms with Crippen molar-refractivity contribution in [2.45, 2.75) is 0 Å². The Morgan fingerprint density at radius 1 is 1.50 bits per heavy atom. The first-order valence-corrected chi connectivity index (χ1v) is 3.52. The van der Waals surface area contributed by atoms with Crippen LogP contribution in [-0.2, 0) is 10.0 Å². The van der Waals surface area contributed by atoms with Crippen LogP contribution in [0.4, 0.5) is 0 Å². The van der Waals surface area contributed by atoms with Gasteiger partial charge >= 0.3 is 10.0 Å². The average molecular weight is 133 g/mol. The quantitative estimate of drug-likeness (QED) is 0.384. The molecule has 0 aromatic rings. The fourth-order valence-electron chi connectivity index (χ4n) is 0.340. The third kappa shape index (κ3) is 1.06. The molecule has 0 saturated carbocycles. The molecular formula is C3H5N2O2S+. The molecule has 0 radical (unpaired) electrons. The standard InChI is InChI=1S/C3H4N2O2S/c6-8(7)3-4-1-2-5-8/h1-3,5H/p+1. The van der Waals surface area contributed by atoms with Crippen molar-refractivity contribution in [3.63, 3.8) is 0 Å². The molecule has 5 heteroatoms. The van der Waals surface area contributed by atoms with Gasteiger partial charge < -0.3 is 0 Å². The summed E-state index contributed by atoms with van der Waals surface area (Å²) in [5, 5.41) is 0. The lowest BCUT2D eigenvalue weighted by atomic mass is 10.9. The topological polar surface area (TPSA) is 60.1 Å². The van der Waals surface area contributed by atoms with Crippen molar-refractivity contribution in [2.75, 3.05) is 0 Å². The molecule has 0 bridgehead atoms. The zero-order valence-corrected chi connectivity index (χ0v) is 4.77. The van der Waals surface area contributed by atoms with Crippen molar-refractivity contribution in [1.29, 1.82) is 0 Å². The second kappa shape index (κ2) is 1.59. The molecule has 1 rings (SSSR count). The first kappa shape index (κ1) is 5.30. The van der Waals surface area contributed by atoms with Crippen molar-refractivity contribution in [3.05, 3.63) is 12.4 Å². The molecule has 0 saturated heterocycles. The zero-order valence-electron chi connectivity index (χ0n) is 3.96. The first-order chi connectivity index (χ1) is 3.71. The smallest absolute Gasteiger partial charge is 0.276 e. The summed E-state index contributed by atoms with van der Waals surface area (Å²) in [4.78, 5) is 2.42. The van der Waals surface area contributed by atoms with Gasteiger partial charge in [-0.25, -0.2) is 4.99 Å². The molecule has 2 N–H and O–H groups in total. The van der Waals surface area contributed by atoms with E-state index in [-0.39, 0.29) is 0 Å². The minimum Gasteiger partial charge on any atom is -0.276 e. The van der Waals surface area contributed by atoms with Crippen LogP contribution in [-0.4, -0.2) is 14.0 Å². The summed E-state index contributed by atoms with van der Waals surface area (Å²) >= 11 is 0. The average Bonchev–Trinajstić information content (AvgIpc) is 1.65. The predicted molar refractivity (Wildman–Crippen MR) is 28.2 cm³/mol. The van der Waals surface area contributed by atoms with E-state index in [4.69, 9.17) is 0 Å². The highest BCUT2D eigenvalue weighted by molar-refractivity contribution is 8.02. The highest BCUT2D eigenvalue weighted by atomic mass is 32.2. The lowest BCUT2D eigenvalue weighted by Gasteiger charge is -1.92. The molecule has 0 fully saturated rings. The summed E-state index contributed by atoms with van der Waals surface area (Å²) in [6.45, 7) is 0. The molecule has 8 heavy (non-hydrogen) atoms. The molecule has 0 aromatic heterocycles. The minimum absolute atomic E-state index is 0.979. The van der Waals surface area contributed by atoms with Gasteiger partial charge in [0.25, 0.3) is 5.55 Å². The normalized spacial score (nSPS) is 22.5. The Bertz CT molecular complexity index is 226. The third-order valence-electron chi connectivity index (χ3n) is 0.635. The van der Waals surface area contributed by atoms with E-state index in [1.807, 2.05) is 0 Å². The van der Waals surface area contributed by atoms with E-state index in [1.54, 1.807) is 0 Å². The second-order valence-electron chi connectivity index (χ2n) is 1.28. The second-order valence-corrected chi connectivity index (χ2v) is 2.84. The monoisotopic (exact) mass is 133 g/mol. The van der Waals surface area contributed by atoms with Gasteiger partial charge in [0.15, 0.2) is 6.20 Å². The van der Waals surface area contributed by atoms with Crippen LogP contribution in [0, 0.1) is 0 Å². The molecule has 0 aliphatic carbocycles. The zero-order chi connectivity index (χ0) is 6.04. The first-order valence-electron chi connectivity index (χ1n) is 1.97. The highest BCUT2D eigenvalue weighted by Crippen LogP contribution is 1.73. The molecular weight excluding hydrogens is 128 g/mol. The molecule has 44 valence electrons. The van der Waals surface area contributed by atoms with Gasteiger partial charge in [0.1, 0.15) is 0 Å². The Kier molecular flexibility index (Phi) is 1.05. The van der Waals surface area contributed by atoms with Crippen LogP contribution in [0.2, 0.25) is 0 Å². The van der Waals surface area contributed by atoms with Gasteiger partial charge in [0.2, 0.25) is 0 Å². The SMILES string of the molecule is O=S1(=O)C=[NH+]C=CN1. The van der Waals surface area contributed by atoms with E-state index in [0.29, 0.717) is 0 Å². The van der Waals surface area contributed by atoms with Crippen LogP contribution < -0.4 is 9.71 Å². The summed E-state index contributed by atoms with van der Waals surface area (Å²) in [6, 6.07) is 0. The van der Waals surface area contributed by atoms with Crippen molar-refractivity contribution in [3.8, 4) is 0 Å². The summed E-state index contributed by atoms with van der Waals surface area (Å²) in [7, 11) is -3.16. The van der Waals surface area contributed by atoms with E-state index in [9.17, 15) is 8.42 Å². The van der Waals surface area contributed by atoms with Crippen LogP contribution in [0.5, 0.6) is 0 Å². The minimum atomic E-state index is -3.16. The van der Waals surface area contributed by atoms with E-state index >= 15 is 0 Å². The molecule has 0 aromatic carbocycles. The van der Waals surface area contributed by atoms with Gasteiger partial charge in [-0.2, -0.15) is 8.42 Å². The van der Waals surface area contributed by atoms with Crippen LogP contribution in [0.15, 0.2) is 12.4 Å². The van der Waals surface area contributed by atoms with Crippen molar-refractivity contribution < 1.29 is 13.4 Å². The van der Waals surface area contributed by atoms with E-state index < -0.39 is 10.0 Å². The third-order valence-corrected chi connectivity index (χ3v) is 1.55. The van der Waals surface area contributed by atoms with Gasteiger partial charge in [-0.15, -0.1) is 0 Å². The maximum atomic E-state index is 10.4. The van der Waals surface area contributed by atoms with Crippen LogP contribution in [0.3, 0.4) is 0 Å². The molecule has 1 aliphatic rings. The van der Waals surface area contributed by atoms with Crippen molar-refractivity contribution in [2.24, 2.45) is 0 Å². The molecule has 1 heterocycles. The Morgan fingerprint density at radius 3 is 2.50 bits per heavy atom. The maximum absolute atomic E-state index is 10.4. The van der Waals surface area contributed by atoms with E-state index in [0.717, 1.165) is 5.55 Å². The van der Waals surface area contributed by atoms with Gasteiger partial charge in [-0.1, -0.05) is 0 Å². The van der Waals surface area contributed by atoms with Crippen molar-refractivity contribution >= 4 is 15.6 Å². The van der Waals surface area contributed by atoms with Crippen LogP contribution in [0.25, 0.3) is 0 Å². The largest absolute Gasteiger partial charge is 0.314 e. The lowest BCUT2D eigenvalue weighted by Crippen LogP contribution is -2.66. The van der Waals surface area contributed by atoms with Crippen LogP contribution >= 0.6 is 0 Å². The van der Waals surface area contributed by atoms with E-state index in [1.165, 1.54) is 12.4 Å². The van der Waals surface area contributed by atoms with E-state index in [2.05, 4.69) is 9.71 Å². The summed E-state index contributed by atoms with van der Waals surface area (Å²) in [5.74, 6) is 0. The summed E-state index contributed by atoms with van der Waals surface area (Å²) in [5.41, 5.74) is 0.979. The lowest BCUT2D eigenvalue weighted by molar-refractivity contribution is -0.365. The fourth-order valence-corrected chi connectivity index (χ4v) is 0.923. The number of hydrogen-bond donors (Lipinski definition) is 2. The predicted octanol–water partition coefficient (Wildman–Crippen LogP) is -2.50. The van der Waals surface area contributed by atoms with Gasteiger partial charge in [-0.05, 0) is 0 Å². The Hall–Kier alpha value is -0.840. The van der Waals surface area contributed by atoms with Gasteiger partial charge in [0, 0.05) is 0 Å². The Labute approximate surface area is 47.0 Å². The highest BCUT2D eigenvalue weighted by Gasteiger charge is 2.08. The number of sulfonamides is 1.